The third kappa shape index (κ3) is 3.17. The Bertz CT molecular complexity index is 521. The van der Waals surface area contributed by atoms with Crippen LogP contribution in [0.4, 0.5) is 0 Å². The molecule has 2 unspecified atom stereocenters. The van der Waals surface area contributed by atoms with Crippen molar-refractivity contribution in [3.8, 4) is 0 Å². The van der Waals surface area contributed by atoms with Crippen LogP contribution < -0.4 is 5.73 Å². The average Bonchev–Trinajstić information content (AvgIpc) is 2.45. The highest BCUT2D eigenvalue weighted by Crippen LogP contribution is 2.17. The monoisotopic (exact) mass is 296 g/mol. The van der Waals surface area contributed by atoms with Gasteiger partial charge in [0, 0.05) is 17.1 Å². The highest BCUT2D eigenvalue weighted by molar-refractivity contribution is 6.31. The van der Waals surface area contributed by atoms with Gasteiger partial charge in [0.05, 0.1) is 19.3 Å². The summed E-state index contributed by atoms with van der Waals surface area (Å²) in [7, 11) is 0. The molecule has 0 radical (unpaired) electrons. The van der Waals surface area contributed by atoms with Crippen LogP contribution in [0.25, 0.3) is 0 Å². The number of benzene rings is 1. The first-order valence-electron chi connectivity index (χ1n) is 6.43. The molecule has 1 fully saturated rings. The first kappa shape index (κ1) is 15.0. The van der Waals surface area contributed by atoms with Gasteiger partial charge in [-0.2, -0.15) is 0 Å². The standard InChI is InChI=1S/C14H17ClN2O3/c1-9(13(18)10-3-2-4-11(15)7-10)17-5-6-20-8-12(17)14(16)19/h2-4,7,9,12H,5-6,8H2,1H3,(H2,16,19). The predicted octanol–water partition coefficient (Wildman–Crippen LogP) is 1.10. The lowest BCUT2D eigenvalue weighted by Gasteiger charge is -2.37. The van der Waals surface area contributed by atoms with E-state index >= 15 is 0 Å². The first-order valence-corrected chi connectivity index (χ1v) is 6.81. The third-order valence-corrected chi connectivity index (χ3v) is 3.72. The second-order valence-corrected chi connectivity index (χ2v) is 5.22. The normalized spacial score (nSPS) is 21.4. The molecule has 1 amide bonds. The van der Waals surface area contributed by atoms with Gasteiger partial charge in [-0.1, -0.05) is 23.7 Å². The molecule has 2 N–H and O–H groups in total. The smallest absolute Gasteiger partial charge is 0.237 e. The van der Waals surface area contributed by atoms with Crippen molar-refractivity contribution in [2.24, 2.45) is 5.73 Å². The highest BCUT2D eigenvalue weighted by Gasteiger charge is 2.34. The second kappa shape index (κ2) is 6.35. The average molecular weight is 297 g/mol. The number of halogens is 1. The van der Waals surface area contributed by atoms with Crippen molar-refractivity contribution in [2.75, 3.05) is 19.8 Å². The van der Waals surface area contributed by atoms with E-state index in [0.717, 1.165) is 0 Å². The molecular formula is C14H17ClN2O3. The first-order chi connectivity index (χ1) is 9.50. The van der Waals surface area contributed by atoms with Gasteiger partial charge in [0.2, 0.25) is 5.91 Å². The van der Waals surface area contributed by atoms with Gasteiger partial charge in [-0.05, 0) is 19.1 Å². The van der Waals surface area contributed by atoms with Gasteiger partial charge in [0.1, 0.15) is 6.04 Å². The Labute approximate surface area is 122 Å². The zero-order chi connectivity index (χ0) is 14.7. The van der Waals surface area contributed by atoms with Gasteiger partial charge >= 0.3 is 0 Å². The maximum atomic E-state index is 12.5. The lowest BCUT2D eigenvalue weighted by atomic mass is 10.0. The fraction of sp³-hybridized carbons (Fsp3) is 0.429. The Hall–Kier alpha value is -1.43. The number of carbonyl (C=O) groups excluding carboxylic acids is 2. The SMILES string of the molecule is CC(C(=O)c1cccc(Cl)c1)N1CCOCC1C(N)=O. The molecule has 0 aromatic heterocycles. The molecule has 20 heavy (non-hydrogen) atoms. The number of carbonyl (C=O) groups is 2. The number of nitrogens with zero attached hydrogens (tertiary/aromatic N) is 1. The van der Waals surface area contributed by atoms with E-state index in [1.54, 1.807) is 36.1 Å². The van der Waals surface area contributed by atoms with E-state index in [1.165, 1.54) is 0 Å². The largest absolute Gasteiger partial charge is 0.378 e. The van der Waals surface area contributed by atoms with E-state index in [1.807, 2.05) is 0 Å². The van der Waals surface area contributed by atoms with Gasteiger partial charge in [-0.15, -0.1) is 0 Å². The molecule has 1 saturated heterocycles. The van der Waals surface area contributed by atoms with Crippen LogP contribution in [-0.2, 0) is 9.53 Å². The molecule has 0 bridgehead atoms. The minimum Gasteiger partial charge on any atom is -0.378 e. The number of Topliss-reactive ketones (excluding diaryl/α,β-unsaturated/α-hetero) is 1. The van der Waals surface area contributed by atoms with Crippen molar-refractivity contribution in [1.29, 1.82) is 0 Å². The van der Waals surface area contributed by atoms with Gasteiger partial charge in [0.25, 0.3) is 0 Å². The molecule has 1 aliphatic heterocycles. The number of hydrogen-bond donors (Lipinski definition) is 1. The van der Waals surface area contributed by atoms with Gasteiger partial charge in [0.15, 0.2) is 5.78 Å². The van der Waals surface area contributed by atoms with Crippen LogP contribution in [0, 0.1) is 0 Å². The summed E-state index contributed by atoms with van der Waals surface area (Å²) < 4.78 is 5.25. The van der Waals surface area contributed by atoms with Gasteiger partial charge in [-0.3, -0.25) is 14.5 Å². The fourth-order valence-corrected chi connectivity index (χ4v) is 2.55. The Morgan fingerprint density at radius 3 is 2.90 bits per heavy atom. The number of hydrogen-bond acceptors (Lipinski definition) is 4. The summed E-state index contributed by atoms with van der Waals surface area (Å²) in [6.45, 7) is 2.98. The van der Waals surface area contributed by atoms with Crippen molar-refractivity contribution < 1.29 is 14.3 Å². The molecule has 0 spiro atoms. The van der Waals surface area contributed by atoms with E-state index in [2.05, 4.69) is 0 Å². The third-order valence-electron chi connectivity index (χ3n) is 3.48. The molecule has 2 atom stereocenters. The number of ketones is 1. The summed E-state index contributed by atoms with van der Waals surface area (Å²) in [4.78, 5) is 25.7. The zero-order valence-electron chi connectivity index (χ0n) is 11.2. The summed E-state index contributed by atoms with van der Waals surface area (Å²) in [5, 5.41) is 0.511. The molecule has 5 nitrogen and oxygen atoms in total. The lowest BCUT2D eigenvalue weighted by Crippen LogP contribution is -2.57. The number of rotatable bonds is 4. The van der Waals surface area contributed by atoms with Crippen LogP contribution in [0.15, 0.2) is 24.3 Å². The van der Waals surface area contributed by atoms with Gasteiger partial charge < -0.3 is 10.5 Å². The molecule has 1 heterocycles. The zero-order valence-corrected chi connectivity index (χ0v) is 12.0. The van der Waals surface area contributed by atoms with E-state index in [9.17, 15) is 9.59 Å². The maximum Gasteiger partial charge on any atom is 0.237 e. The molecule has 1 aliphatic rings. The van der Waals surface area contributed by atoms with Crippen molar-refractivity contribution in [2.45, 2.75) is 19.0 Å². The number of ether oxygens (including phenoxy) is 1. The molecule has 1 aromatic carbocycles. The van der Waals surface area contributed by atoms with Crippen molar-refractivity contribution in [1.82, 2.24) is 4.90 Å². The van der Waals surface area contributed by atoms with Crippen molar-refractivity contribution >= 4 is 23.3 Å². The topological polar surface area (TPSA) is 72.6 Å². The second-order valence-electron chi connectivity index (χ2n) is 4.78. The molecule has 1 aromatic rings. The fourth-order valence-electron chi connectivity index (χ4n) is 2.36. The summed E-state index contributed by atoms with van der Waals surface area (Å²) in [6.07, 6.45) is 0. The molecular weight excluding hydrogens is 280 g/mol. The van der Waals surface area contributed by atoms with Crippen LogP contribution in [0.1, 0.15) is 17.3 Å². The molecule has 0 aliphatic carbocycles. The minimum atomic E-state index is -0.568. The quantitative estimate of drug-likeness (QED) is 0.845. The number of morpholine rings is 1. The summed E-state index contributed by atoms with van der Waals surface area (Å²) >= 11 is 5.90. The summed E-state index contributed by atoms with van der Waals surface area (Å²) in [6, 6.07) is 5.76. The Morgan fingerprint density at radius 1 is 1.50 bits per heavy atom. The van der Waals surface area contributed by atoms with Crippen molar-refractivity contribution in [3.05, 3.63) is 34.9 Å². The lowest BCUT2D eigenvalue weighted by molar-refractivity contribution is -0.130. The highest BCUT2D eigenvalue weighted by atomic mass is 35.5. The van der Waals surface area contributed by atoms with E-state index in [-0.39, 0.29) is 12.4 Å². The summed E-state index contributed by atoms with van der Waals surface area (Å²) in [5.74, 6) is -0.559. The summed E-state index contributed by atoms with van der Waals surface area (Å²) in [5.41, 5.74) is 5.89. The molecule has 108 valence electrons. The minimum absolute atomic E-state index is 0.0827. The van der Waals surface area contributed by atoms with Crippen LogP contribution >= 0.6 is 11.6 Å². The van der Waals surface area contributed by atoms with Crippen molar-refractivity contribution in [3.63, 3.8) is 0 Å². The predicted molar refractivity (Wildman–Crippen MR) is 75.8 cm³/mol. The van der Waals surface area contributed by atoms with E-state index < -0.39 is 18.0 Å². The van der Waals surface area contributed by atoms with Crippen LogP contribution in [0.3, 0.4) is 0 Å². The van der Waals surface area contributed by atoms with E-state index in [4.69, 9.17) is 22.1 Å². The number of primary amides is 1. The Kier molecular flexibility index (Phi) is 4.75. The van der Waals surface area contributed by atoms with Gasteiger partial charge in [-0.25, -0.2) is 0 Å². The maximum absolute atomic E-state index is 12.5. The van der Waals surface area contributed by atoms with E-state index in [0.29, 0.717) is 23.7 Å². The molecule has 0 saturated carbocycles. The number of nitrogens with two attached hydrogens (primary N) is 1. The molecule has 6 heteroatoms. The number of amides is 1. The Morgan fingerprint density at radius 2 is 2.25 bits per heavy atom. The molecule has 2 rings (SSSR count). The van der Waals surface area contributed by atoms with Crippen LogP contribution in [0.5, 0.6) is 0 Å². The van der Waals surface area contributed by atoms with Crippen LogP contribution in [-0.4, -0.2) is 48.4 Å². The Balaban J connectivity index is 2.18. The van der Waals surface area contributed by atoms with Crippen LogP contribution in [0.2, 0.25) is 5.02 Å².